The molecule has 2 unspecified atom stereocenters. The van der Waals surface area contributed by atoms with Gasteiger partial charge in [0.2, 0.25) is 5.24 Å². The average molecular weight is 256 g/mol. The second kappa shape index (κ2) is 3.13. The molecule has 1 fully saturated rings. The standard InChI is InChI=1S/C10H13Cl3O/c1-6(2)5-9(12)8(3,4)10(9,13)7(11)14/h5H,1-4H3. The lowest BCUT2D eigenvalue weighted by atomic mass is 10.1. The number of carbonyl (C=O) groups excluding carboxylic acids is 1. The molecule has 0 radical (unpaired) electrons. The van der Waals surface area contributed by atoms with Gasteiger partial charge in [0.1, 0.15) is 4.87 Å². The summed E-state index contributed by atoms with van der Waals surface area (Å²) in [7, 11) is 0. The third kappa shape index (κ3) is 1.19. The van der Waals surface area contributed by atoms with E-state index < -0.39 is 20.4 Å². The van der Waals surface area contributed by atoms with Crippen molar-refractivity contribution in [2.75, 3.05) is 0 Å². The van der Waals surface area contributed by atoms with Crippen LogP contribution in [0.4, 0.5) is 0 Å². The zero-order valence-corrected chi connectivity index (χ0v) is 10.9. The molecular formula is C10H13Cl3O. The number of rotatable bonds is 2. The predicted molar refractivity (Wildman–Crippen MR) is 61.2 cm³/mol. The van der Waals surface area contributed by atoms with Crippen molar-refractivity contribution in [1.82, 2.24) is 0 Å². The number of hydrogen-bond acceptors (Lipinski definition) is 1. The zero-order valence-electron chi connectivity index (χ0n) is 8.62. The highest BCUT2D eigenvalue weighted by molar-refractivity contribution is 6.74. The van der Waals surface area contributed by atoms with E-state index in [1.165, 1.54) is 0 Å². The second-order valence-electron chi connectivity index (χ2n) is 4.49. The molecule has 0 aliphatic heterocycles. The minimum atomic E-state index is -1.18. The quantitative estimate of drug-likeness (QED) is 0.418. The van der Waals surface area contributed by atoms with Gasteiger partial charge in [-0.3, -0.25) is 4.79 Å². The van der Waals surface area contributed by atoms with Gasteiger partial charge < -0.3 is 0 Å². The Morgan fingerprint density at radius 1 is 1.21 bits per heavy atom. The Labute approximate surface area is 99.4 Å². The van der Waals surface area contributed by atoms with E-state index in [-0.39, 0.29) is 0 Å². The maximum absolute atomic E-state index is 11.3. The van der Waals surface area contributed by atoms with Crippen molar-refractivity contribution in [3.8, 4) is 0 Å². The molecule has 0 aromatic rings. The Morgan fingerprint density at radius 2 is 1.64 bits per heavy atom. The van der Waals surface area contributed by atoms with Gasteiger partial charge in [-0.1, -0.05) is 25.5 Å². The Balaban J connectivity index is 3.18. The molecule has 0 aromatic heterocycles. The summed E-state index contributed by atoms with van der Waals surface area (Å²) in [5.41, 5.74) is 0.507. The van der Waals surface area contributed by atoms with Gasteiger partial charge in [0.15, 0.2) is 0 Å². The molecule has 0 aromatic carbocycles. The van der Waals surface area contributed by atoms with E-state index in [1.54, 1.807) is 0 Å². The van der Waals surface area contributed by atoms with Crippen LogP contribution < -0.4 is 0 Å². The van der Waals surface area contributed by atoms with Gasteiger partial charge in [0.05, 0.1) is 4.87 Å². The Hall–Kier alpha value is 0.280. The highest BCUT2D eigenvalue weighted by atomic mass is 35.5. The van der Waals surface area contributed by atoms with Crippen LogP contribution in [0.25, 0.3) is 0 Å². The summed E-state index contributed by atoms with van der Waals surface area (Å²) in [4.78, 5) is 9.22. The van der Waals surface area contributed by atoms with Crippen LogP contribution in [0, 0.1) is 5.41 Å². The van der Waals surface area contributed by atoms with Crippen LogP contribution in [0.1, 0.15) is 27.7 Å². The van der Waals surface area contributed by atoms with E-state index in [9.17, 15) is 4.79 Å². The summed E-state index contributed by atoms with van der Waals surface area (Å²) in [5, 5.41) is -0.586. The lowest BCUT2D eigenvalue weighted by Gasteiger charge is -2.06. The van der Waals surface area contributed by atoms with E-state index in [2.05, 4.69) is 0 Å². The highest BCUT2D eigenvalue weighted by Gasteiger charge is 2.84. The van der Waals surface area contributed by atoms with Gasteiger partial charge in [-0.25, -0.2) is 0 Å². The molecule has 0 amide bonds. The van der Waals surface area contributed by atoms with Gasteiger partial charge in [-0.2, -0.15) is 0 Å². The van der Waals surface area contributed by atoms with Crippen LogP contribution in [-0.4, -0.2) is 15.0 Å². The second-order valence-corrected chi connectivity index (χ2v) is 6.00. The smallest absolute Gasteiger partial charge is 0.245 e. The fraction of sp³-hybridized carbons (Fsp3) is 0.700. The van der Waals surface area contributed by atoms with Gasteiger partial charge in [-0.05, 0) is 25.4 Å². The molecule has 0 heterocycles. The van der Waals surface area contributed by atoms with Gasteiger partial charge >= 0.3 is 0 Å². The van der Waals surface area contributed by atoms with Crippen molar-refractivity contribution in [3.05, 3.63) is 11.6 Å². The molecule has 1 saturated carbocycles. The molecule has 0 spiro atoms. The molecule has 0 bridgehead atoms. The van der Waals surface area contributed by atoms with Gasteiger partial charge in [-0.15, -0.1) is 23.2 Å². The first-order valence-corrected chi connectivity index (χ1v) is 5.48. The van der Waals surface area contributed by atoms with E-state index in [1.807, 2.05) is 33.8 Å². The van der Waals surface area contributed by atoms with E-state index in [0.717, 1.165) is 5.57 Å². The molecule has 1 aliphatic rings. The van der Waals surface area contributed by atoms with Crippen LogP contribution in [-0.2, 0) is 4.79 Å². The van der Waals surface area contributed by atoms with E-state index in [4.69, 9.17) is 34.8 Å². The fourth-order valence-corrected chi connectivity index (χ4v) is 3.38. The summed E-state index contributed by atoms with van der Waals surface area (Å²) < 4.78 is 0. The van der Waals surface area contributed by atoms with E-state index >= 15 is 0 Å². The minimum absolute atomic E-state index is 0.515. The lowest BCUT2D eigenvalue weighted by molar-refractivity contribution is -0.112. The zero-order chi connectivity index (χ0) is 11.4. The fourth-order valence-electron chi connectivity index (χ4n) is 1.87. The van der Waals surface area contributed by atoms with Crippen molar-refractivity contribution in [2.45, 2.75) is 37.4 Å². The highest BCUT2D eigenvalue weighted by Crippen LogP contribution is 2.74. The largest absolute Gasteiger partial charge is 0.279 e. The molecule has 0 N–H and O–H groups in total. The lowest BCUT2D eigenvalue weighted by Crippen LogP contribution is -2.20. The van der Waals surface area contributed by atoms with Crippen LogP contribution in [0.3, 0.4) is 0 Å². The molecule has 14 heavy (non-hydrogen) atoms. The van der Waals surface area contributed by atoms with Crippen molar-refractivity contribution in [1.29, 1.82) is 0 Å². The number of halogens is 3. The minimum Gasteiger partial charge on any atom is -0.279 e. The molecule has 80 valence electrons. The van der Waals surface area contributed by atoms with Gasteiger partial charge in [0.25, 0.3) is 0 Å². The molecule has 2 atom stereocenters. The predicted octanol–water partition coefficient (Wildman–Crippen LogP) is 3.71. The molecule has 1 aliphatic carbocycles. The van der Waals surface area contributed by atoms with Crippen LogP contribution in [0.15, 0.2) is 11.6 Å². The summed E-state index contributed by atoms with van der Waals surface area (Å²) in [6.45, 7) is 7.50. The third-order valence-corrected chi connectivity index (χ3v) is 5.25. The molecule has 1 rings (SSSR count). The molecular weight excluding hydrogens is 242 g/mol. The summed E-state index contributed by atoms with van der Waals surface area (Å²) in [5.74, 6) is 0. The monoisotopic (exact) mass is 254 g/mol. The normalized spacial score (nSPS) is 39.1. The number of hydrogen-bond donors (Lipinski definition) is 0. The van der Waals surface area contributed by atoms with Crippen molar-refractivity contribution < 1.29 is 4.79 Å². The Kier molecular flexibility index (Phi) is 2.76. The first-order chi connectivity index (χ1) is 6.11. The third-order valence-electron chi connectivity index (χ3n) is 2.97. The molecule has 4 heteroatoms. The van der Waals surface area contributed by atoms with Crippen LogP contribution in [0.5, 0.6) is 0 Å². The number of carbonyl (C=O) groups is 1. The Bertz CT molecular complexity index is 317. The summed E-state index contributed by atoms with van der Waals surface area (Å²) in [6, 6.07) is 0. The SMILES string of the molecule is CC(C)=CC1(Cl)C(C)(C)C1(Cl)C(=O)Cl. The average Bonchev–Trinajstić information content (AvgIpc) is 2.30. The topological polar surface area (TPSA) is 17.1 Å². The molecule has 1 nitrogen and oxygen atoms in total. The van der Waals surface area contributed by atoms with Gasteiger partial charge in [0, 0.05) is 5.41 Å². The van der Waals surface area contributed by atoms with E-state index in [0.29, 0.717) is 0 Å². The maximum atomic E-state index is 11.3. The summed E-state index contributed by atoms with van der Waals surface area (Å²) >= 11 is 18.0. The van der Waals surface area contributed by atoms with Crippen LogP contribution in [0.2, 0.25) is 0 Å². The van der Waals surface area contributed by atoms with Crippen molar-refractivity contribution in [3.63, 3.8) is 0 Å². The van der Waals surface area contributed by atoms with Crippen LogP contribution >= 0.6 is 34.8 Å². The van der Waals surface area contributed by atoms with Crippen molar-refractivity contribution in [2.24, 2.45) is 5.41 Å². The summed E-state index contributed by atoms with van der Waals surface area (Å²) in [6.07, 6.45) is 1.81. The first kappa shape index (κ1) is 12.4. The maximum Gasteiger partial charge on any atom is 0.245 e. The number of alkyl halides is 2. The number of allylic oxidation sites excluding steroid dienone is 2. The van der Waals surface area contributed by atoms with Crippen molar-refractivity contribution >= 4 is 40.0 Å². The Morgan fingerprint density at radius 3 is 1.86 bits per heavy atom. The molecule has 0 saturated heterocycles. The first-order valence-electron chi connectivity index (χ1n) is 4.35.